The van der Waals surface area contributed by atoms with Crippen LogP contribution in [0.25, 0.3) is 0 Å². The summed E-state index contributed by atoms with van der Waals surface area (Å²) in [5.41, 5.74) is 0. The Bertz CT molecular complexity index is 227. The van der Waals surface area contributed by atoms with Crippen molar-refractivity contribution in [3.05, 3.63) is 11.2 Å². The Morgan fingerprint density at radius 1 is 1.75 bits per heavy atom. The van der Waals surface area contributed by atoms with E-state index in [4.69, 9.17) is 11.6 Å². The van der Waals surface area contributed by atoms with Gasteiger partial charge < -0.3 is 15.0 Å². The molecular formula is C7H9ClN2O2. The third kappa shape index (κ3) is 2.23. The van der Waals surface area contributed by atoms with Crippen LogP contribution in [0.4, 0.5) is 0 Å². The molecule has 0 fully saturated rings. The molecule has 0 aromatic rings. The molecule has 0 bridgehead atoms. The predicted octanol–water partition coefficient (Wildman–Crippen LogP) is 0.0449. The molecule has 1 N–H and O–H groups in total. The molecule has 1 aliphatic rings. The van der Waals surface area contributed by atoms with Gasteiger partial charge in [-0.1, -0.05) is 11.6 Å². The van der Waals surface area contributed by atoms with E-state index >= 15 is 0 Å². The quantitative estimate of drug-likeness (QED) is 0.503. The molecule has 0 saturated heterocycles. The van der Waals surface area contributed by atoms with E-state index in [0.29, 0.717) is 24.8 Å². The summed E-state index contributed by atoms with van der Waals surface area (Å²) >= 11 is 5.54. The summed E-state index contributed by atoms with van der Waals surface area (Å²) in [5, 5.41) is 3.14. The van der Waals surface area contributed by atoms with E-state index in [9.17, 15) is 9.59 Å². The fourth-order valence-electron chi connectivity index (χ4n) is 0.897. The van der Waals surface area contributed by atoms with Crippen LogP contribution in [-0.4, -0.2) is 30.3 Å². The van der Waals surface area contributed by atoms with Crippen LogP contribution >= 0.6 is 11.6 Å². The van der Waals surface area contributed by atoms with Gasteiger partial charge in [0.05, 0.1) is 6.67 Å². The van der Waals surface area contributed by atoms with Crippen molar-refractivity contribution in [3.8, 4) is 0 Å². The van der Waals surface area contributed by atoms with Crippen molar-refractivity contribution in [2.45, 2.75) is 6.42 Å². The van der Waals surface area contributed by atoms with Gasteiger partial charge in [0, 0.05) is 19.0 Å². The van der Waals surface area contributed by atoms with E-state index in [1.165, 1.54) is 11.0 Å². The third-order valence-corrected chi connectivity index (χ3v) is 1.76. The first kappa shape index (κ1) is 9.06. The number of hydrogen-bond donors (Lipinski definition) is 1. The van der Waals surface area contributed by atoms with Crippen LogP contribution in [0.2, 0.25) is 0 Å². The lowest BCUT2D eigenvalue weighted by Gasteiger charge is -2.24. The lowest BCUT2D eigenvalue weighted by atomic mass is 10.3. The standard InChI is InChI=1S/C7H9ClN2O2/c8-6-4-7(12)10(5-9-6)2-1-3-11/h3-4,9H,1-2,5H2. The Labute approximate surface area is 75.2 Å². The first-order valence-corrected chi connectivity index (χ1v) is 3.95. The van der Waals surface area contributed by atoms with Gasteiger partial charge >= 0.3 is 0 Å². The van der Waals surface area contributed by atoms with Gasteiger partial charge in [-0.05, 0) is 0 Å². The van der Waals surface area contributed by atoms with Crippen LogP contribution in [0.15, 0.2) is 11.2 Å². The van der Waals surface area contributed by atoms with E-state index in [2.05, 4.69) is 5.32 Å². The molecule has 0 unspecified atom stereocenters. The zero-order valence-electron chi connectivity index (χ0n) is 6.42. The molecule has 1 rings (SSSR count). The first-order valence-electron chi connectivity index (χ1n) is 3.57. The average Bonchev–Trinajstić information content (AvgIpc) is 2.03. The molecule has 4 nitrogen and oxygen atoms in total. The summed E-state index contributed by atoms with van der Waals surface area (Å²) in [6.07, 6.45) is 2.45. The van der Waals surface area contributed by atoms with Crippen LogP contribution in [-0.2, 0) is 9.59 Å². The van der Waals surface area contributed by atoms with Crippen LogP contribution in [0.1, 0.15) is 6.42 Å². The third-order valence-electron chi connectivity index (χ3n) is 1.52. The molecule has 0 aliphatic carbocycles. The summed E-state index contributed by atoms with van der Waals surface area (Å²) in [6.45, 7) is 0.817. The SMILES string of the molecule is O=CCCN1CNC(Cl)=CC1=O. The predicted molar refractivity (Wildman–Crippen MR) is 44.3 cm³/mol. The maximum Gasteiger partial charge on any atom is 0.250 e. The molecule has 1 aliphatic heterocycles. The van der Waals surface area contributed by atoms with Gasteiger partial charge in [-0.3, -0.25) is 4.79 Å². The van der Waals surface area contributed by atoms with Crippen molar-refractivity contribution in [1.29, 1.82) is 0 Å². The molecule has 0 saturated carbocycles. The summed E-state index contributed by atoms with van der Waals surface area (Å²) in [6, 6.07) is 0. The number of rotatable bonds is 3. The largest absolute Gasteiger partial charge is 0.358 e. The highest BCUT2D eigenvalue weighted by molar-refractivity contribution is 6.30. The number of halogens is 1. The van der Waals surface area contributed by atoms with Crippen LogP contribution in [0, 0.1) is 0 Å². The summed E-state index contributed by atoms with van der Waals surface area (Å²) < 4.78 is 0. The topological polar surface area (TPSA) is 49.4 Å². The number of hydrogen-bond acceptors (Lipinski definition) is 3. The maximum atomic E-state index is 11.1. The molecule has 0 spiro atoms. The van der Waals surface area contributed by atoms with Crippen LogP contribution in [0.3, 0.4) is 0 Å². The van der Waals surface area contributed by atoms with Crippen molar-refractivity contribution in [1.82, 2.24) is 10.2 Å². The minimum atomic E-state index is -0.152. The number of nitrogens with zero attached hydrogens (tertiary/aromatic N) is 1. The van der Waals surface area contributed by atoms with Crippen molar-refractivity contribution in [3.63, 3.8) is 0 Å². The first-order chi connectivity index (χ1) is 5.74. The summed E-state index contributed by atoms with van der Waals surface area (Å²) in [5.74, 6) is -0.152. The zero-order valence-corrected chi connectivity index (χ0v) is 7.17. The number of nitrogens with one attached hydrogen (secondary N) is 1. The highest BCUT2D eigenvalue weighted by atomic mass is 35.5. The highest BCUT2D eigenvalue weighted by Gasteiger charge is 2.15. The second kappa shape index (κ2) is 4.11. The van der Waals surface area contributed by atoms with Crippen molar-refractivity contribution >= 4 is 23.8 Å². The van der Waals surface area contributed by atoms with Gasteiger partial charge in [-0.2, -0.15) is 0 Å². The van der Waals surface area contributed by atoms with Crippen LogP contribution < -0.4 is 5.32 Å². The molecule has 66 valence electrons. The minimum Gasteiger partial charge on any atom is -0.358 e. The Morgan fingerprint density at radius 2 is 2.50 bits per heavy atom. The van der Waals surface area contributed by atoms with E-state index in [-0.39, 0.29) is 5.91 Å². The summed E-state index contributed by atoms with van der Waals surface area (Å²) in [4.78, 5) is 22.7. The molecular weight excluding hydrogens is 180 g/mol. The molecule has 1 amide bonds. The monoisotopic (exact) mass is 188 g/mol. The van der Waals surface area contributed by atoms with Gasteiger partial charge in [0.15, 0.2) is 0 Å². The van der Waals surface area contributed by atoms with E-state index in [1.54, 1.807) is 0 Å². The minimum absolute atomic E-state index is 0.152. The van der Waals surface area contributed by atoms with E-state index in [0.717, 1.165) is 6.29 Å². The Balaban J connectivity index is 2.47. The zero-order chi connectivity index (χ0) is 8.97. The van der Waals surface area contributed by atoms with Gasteiger partial charge in [0.25, 0.3) is 5.91 Å². The van der Waals surface area contributed by atoms with Gasteiger partial charge in [0.2, 0.25) is 0 Å². The Morgan fingerprint density at radius 3 is 3.08 bits per heavy atom. The average molecular weight is 189 g/mol. The maximum absolute atomic E-state index is 11.1. The van der Waals surface area contributed by atoms with E-state index < -0.39 is 0 Å². The molecule has 0 radical (unpaired) electrons. The highest BCUT2D eigenvalue weighted by Crippen LogP contribution is 2.05. The van der Waals surface area contributed by atoms with Gasteiger partial charge in [-0.15, -0.1) is 0 Å². The van der Waals surface area contributed by atoms with Crippen molar-refractivity contribution in [2.24, 2.45) is 0 Å². The fraction of sp³-hybridized carbons (Fsp3) is 0.429. The smallest absolute Gasteiger partial charge is 0.250 e. The van der Waals surface area contributed by atoms with Crippen molar-refractivity contribution in [2.75, 3.05) is 13.2 Å². The second-order valence-electron chi connectivity index (χ2n) is 2.38. The Kier molecular flexibility index (Phi) is 3.10. The lowest BCUT2D eigenvalue weighted by molar-refractivity contribution is -0.127. The number of carbonyl (C=O) groups excluding carboxylic acids is 2. The fourth-order valence-corrected chi connectivity index (χ4v) is 1.05. The van der Waals surface area contributed by atoms with Crippen LogP contribution in [0.5, 0.6) is 0 Å². The lowest BCUT2D eigenvalue weighted by Crippen LogP contribution is -2.41. The molecule has 0 atom stereocenters. The molecule has 0 aromatic carbocycles. The Hall–Kier alpha value is -1.03. The normalized spacial score (nSPS) is 16.9. The number of amides is 1. The number of carbonyl (C=O) groups is 2. The van der Waals surface area contributed by atoms with Crippen molar-refractivity contribution < 1.29 is 9.59 Å². The summed E-state index contributed by atoms with van der Waals surface area (Å²) in [7, 11) is 0. The number of aldehydes is 1. The molecule has 5 heteroatoms. The molecule has 1 heterocycles. The van der Waals surface area contributed by atoms with Gasteiger partial charge in [-0.25, -0.2) is 0 Å². The second-order valence-corrected chi connectivity index (χ2v) is 2.79. The van der Waals surface area contributed by atoms with E-state index in [1.807, 2.05) is 0 Å². The molecule has 12 heavy (non-hydrogen) atoms. The van der Waals surface area contributed by atoms with Gasteiger partial charge in [0.1, 0.15) is 11.4 Å². The molecule has 0 aromatic heterocycles.